The molecule has 0 aromatic heterocycles. The summed E-state index contributed by atoms with van der Waals surface area (Å²) in [4.78, 5) is 0. The molecule has 0 unspecified atom stereocenters. The first-order chi connectivity index (χ1) is 13.4. The van der Waals surface area contributed by atoms with Gasteiger partial charge in [0.2, 0.25) is 16.8 Å². The van der Waals surface area contributed by atoms with Gasteiger partial charge in [-0.1, -0.05) is 35.4 Å². The summed E-state index contributed by atoms with van der Waals surface area (Å²) in [6.45, 7) is 13.1. The van der Waals surface area contributed by atoms with Gasteiger partial charge in [-0.2, -0.15) is 0 Å². The second kappa shape index (κ2) is 8.11. The zero-order valence-corrected chi connectivity index (χ0v) is 19.0. The molecule has 1 spiro atoms. The summed E-state index contributed by atoms with van der Waals surface area (Å²) >= 11 is 0. The van der Waals surface area contributed by atoms with Crippen molar-refractivity contribution in [3.8, 4) is 0 Å². The van der Waals surface area contributed by atoms with Gasteiger partial charge >= 0.3 is 0 Å². The minimum Gasteiger partial charge on any atom is -0.330 e. The van der Waals surface area contributed by atoms with Crippen molar-refractivity contribution < 1.29 is 18.1 Å². The lowest BCUT2D eigenvalue weighted by molar-refractivity contribution is -0.0498. The second-order valence-corrected chi connectivity index (χ2v) is 11.1. The van der Waals surface area contributed by atoms with Crippen LogP contribution in [-0.4, -0.2) is 26.4 Å². The topological polar surface area (TPSA) is 36.9 Å². The van der Waals surface area contributed by atoms with Crippen LogP contribution in [0.5, 0.6) is 0 Å². The number of rotatable bonds is 2. The highest BCUT2D eigenvalue weighted by Crippen LogP contribution is 2.52. The largest absolute Gasteiger partial charge is 0.330 e. The summed E-state index contributed by atoms with van der Waals surface area (Å²) in [7, 11) is -2.07. The number of benzene rings is 2. The molecule has 2 fully saturated rings. The molecular formula is C22H28O4P2. The number of hydrogen-bond donors (Lipinski definition) is 0. The fourth-order valence-electron chi connectivity index (χ4n) is 3.85. The van der Waals surface area contributed by atoms with Crippen molar-refractivity contribution >= 4 is 27.4 Å². The van der Waals surface area contributed by atoms with Crippen LogP contribution in [0, 0.1) is 40.0 Å². The van der Waals surface area contributed by atoms with E-state index in [0.29, 0.717) is 26.4 Å². The van der Waals surface area contributed by atoms with Crippen molar-refractivity contribution in [3.05, 3.63) is 58.1 Å². The predicted molar refractivity (Wildman–Crippen MR) is 116 cm³/mol. The van der Waals surface area contributed by atoms with Gasteiger partial charge in [-0.05, 0) is 57.4 Å². The van der Waals surface area contributed by atoms with E-state index in [1.165, 1.54) is 38.4 Å². The van der Waals surface area contributed by atoms with Gasteiger partial charge in [-0.15, -0.1) is 0 Å². The Hall–Kier alpha value is -0.860. The maximum absolute atomic E-state index is 6.23. The molecule has 2 aliphatic rings. The Morgan fingerprint density at radius 1 is 0.643 bits per heavy atom. The number of aryl methyl sites for hydroxylation is 5. The summed E-state index contributed by atoms with van der Waals surface area (Å²) in [5.41, 5.74) is 6.04. The van der Waals surface area contributed by atoms with Gasteiger partial charge in [0.25, 0.3) is 0 Å². The van der Waals surface area contributed by atoms with Crippen LogP contribution in [0.15, 0.2) is 30.3 Å². The van der Waals surface area contributed by atoms with Crippen molar-refractivity contribution in [1.82, 2.24) is 0 Å². The first-order valence-corrected chi connectivity index (χ1v) is 12.0. The monoisotopic (exact) mass is 418 g/mol. The SMILES string of the molecule is Cc1ccc(P2OCC3(CO2)COP(c2c(C)cc(C)cc2C)OC3)c(C)c1. The van der Waals surface area contributed by atoms with Crippen LogP contribution >= 0.6 is 16.8 Å². The van der Waals surface area contributed by atoms with E-state index in [0.717, 1.165) is 0 Å². The Morgan fingerprint density at radius 2 is 1.14 bits per heavy atom. The molecule has 2 aromatic rings. The molecule has 28 heavy (non-hydrogen) atoms. The summed E-state index contributed by atoms with van der Waals surface area (Å²) in [5, 5.41) is 2.38. The molecule has 2 heterocycles. The smallest absolute Gasteiger partial charge is 0.205 e. The Morgan fingerprint density at radius 3 is 1.68 bits per heavy atom. The predicted octanol–water partition coefficient (Wildman–Crippen LogP) is 4.88. The highest BCUT2D eigenvalue weighted by molar-refractivity contribution is 7.56. The van der Waals surface area contributed by atoms with Crippen LogP contribution in [0.1, 0.15) is 27.8 Å². The van der Waals surface area contributed by atoms with Crippen LogP contribution < -0.4 is 10.6 Å². The van der Waals surface area contributed by atoms with E-state index in [-0.39, 0.29) is 5.41 Å². The third kappa shape index (κ3) is 4.05. The van der Waals surface area contributed by atoms with E-state index in [1.54, 1.807) is 0 Å². The third-order valence-corrected chi connectivity index (χ3v) is 8.74. The molecule has 0 atom stereocenters. The van der Waals surface area contributed by atoms with Crippen molar-refractivity contribution in [2.75, 3.05) is 26.4 Å². The molecule has 2 aliphatic heterocycles. The maximum atomic E-state index is 6.23. The van der Waals surface area contributed by atoms with Gasteiger partial charge in [0.1, 0.15) is 0 Å². The lowest BCUT2D eigenvalue weighted by atomic mass is 9.93. The van der Waals surface area contributed by atoms with Gasteiger partial charge < -0.3 is 18.1 Å². The molecule has 0 saturated carbocycles. The van der Waals surface area contributed by atoms with Gasteiger partial charge in [0.05, 0.1) is 31.8 Å². The summed E-state index contributed by atoms with van der Waals surface area (Å²) in [5.74, 6) is 0. The molecule has 2 aromatic carbocycles. The molecule has 6 heteroatoms. The van der Waals surface area contributed by atoms with E-state index in [2.05, 4.69) is 65.0 Å². The van der Waals surface area contributed by atoms with Crippen LogP contribution in [0.2, 0.25) is 0 Å². The molecule has 0 amide bonds. The first-order valence-electron chi connectivity index (χ1n) is 9.64. The highest BCUT2D eigenvalue weighted by atomic mass is 31.2. The Bertz CT molecular complexity index is 842. The second-order valence-electron chi connectivity index (χ2n) is 8.15. The van der Waals surface area contributed by atoms with Crippen LogP contribution in [-0.2, 0) is 18.1 Å². The number of hydrogen-bond acceptors (Lipinski definition) is 4. The molecule has 4 rings (SSSR count). The Balaban J connectivity index is 1.41. The standard InChI is InChI=1S/C22H28O4P2/c1-15-6-7-20(17(3)8-15)27-23-11-22(12-24-27)13-25-28(26-14-22)21-18(4)9-16(2)10-19(21)5/h6-10H,11-14H2,1-5H3. The molecule has 0 bridgehead atoms. The van der Waals surface area contributed by atoms with E-state index >= 15 is 0 Å². The quantitative estimate of drug-likeness (QED) is 0.652. The fraction of sp³-hybridized carbons (Fsp3) is 0.455. The van der Waals surface area contributed by atoms with E-state index in [4.69, 9.17) is 18.1 Å². The molecule has 0 N–H and O–H groups in total. The van der Waals surface area contributed by atoms with Crippen molar-refractivity contribution in [1.29, 1.82) is 0 Å². The molecule has 0 aliphatic carbocycles. The van der Waals surface area contributed by atoms with Gasteiger partial charge in [0.15, 0.2) is 0 Å². The maximum Gasteiger partial charge on any atom is 0.205 e. The van der Waals surface area contributed by atoms with Crippen molar-refractivity contribution in [2.45, 2.75) is 34.6 Å². The van der Waals surface area contributed by atoms with Gasteiger partial charge in [-0.3, -0.25) is 0 Å². The lowest BCUT2D eigenvalue weighted by Gasteiger charge is -2.43. The average Bonchev–Trinajstić information content (AvgIpc) is 2.64. The minimum atomic E-state index is -1.04. The zero-order chi connectivity index (χ0) is 19.9. The summed E-state index contributed by atoms with van der Waals surface area (Å²) in [6.07, 6.45) is 0. The fourth-order valence-corrected chi connectivity index (χ4v) is 7.35. The van der Waals surface area contributed by atoms with Crippen LogP contribution in [0.3, 0.4) is 0 Å². The minimum absolute atomic E-state index is 0.206. The molecule has 2 saturated heterocycles. The van der Waals surface area contributed by atoms with Crippen molar-refractivity contribution in [2.24, 2.45) is 5.41 Å². The highest BCUT2D eigenvalue weighted by Gasteiger charge is 2.44. The molecular weight excluding hydrogens is 390 g/mol. The normalized spacial score (nSPS) is 27.9. The van der Waals surface area contributed by atoms with Crippen LogP contribution in [0.4, 0.5) is 0 Å². The molecule has 4 nitrogen and oxygen atoms in total. The Labute approximate surface area is 170 Å². The van der Waals surface area contributed by atoms with Crippen LogP contribution in [0.25, 0.3) is 0 Å². The van der Waals surface area contributed by atoms with E-state index in [9.17, 15) is 0 Å². The first kappa shape index (κ1) is 20.4. The van der Waals surface area contributed by atoms with Gasteiger partial charge in [0, 0.05) is 10.6 Å². The summed E-state index contributed by atoms with van der Waals surface area (Å²) < 4.78 is 24.8. The third-order valence-electron chi connectivity index (χ3n) is 5.32. The average molecular weight is 418 g/mol. The Kier molecular flexibility index (Phi) is 5.91. The molecule has 150 valence electrons. The summed E-state index contributed by atoms with van der Waals surface area (Å²) in [6, 6.07) is 10.8. The van der Waals surface area contributed by atoms with Gasteiger partial charge in [-0.25, -0.2) is 0 Å². The van der Waals surface area contributed by atoms with Crippen molar-refractivity contribution in [3.63, 3.8) is 0 Å². The zero-order valence-electron chi connectivity index (χ0n) is 17.2. The molecule has 0 radical (unpaired) electrons. The van der Waals surface area contributed by atoms with E-state index in [1.807, 2.05) is 0 Å². The van der Waals surface area contributed by atoms with E-state index < -0.39 is 16.8 Å². The lowest BCUT2D eigenvalue weighted by Crippen LogP contribution is -2.46.